The first kappa shape index (κ1) is 11.0. The van der Waals surface area contributed by atoms with E-state index in [4.69, 9.17) is 0 Å². The van der Waals surface area contributed by atoms with Gasteiger partial charge in [0.15, 0.2) is 0 Å². The lowest BCUT2D eigenvalue weighted by Gasteiger charge is -2.47. The maximum Gasteiger partial charge on any atom is 0.0599 e. The van der Waals surface area contributed by atoms with Crippen LogP contribution in [0.3, 0.4) is 0 Å². The molecule has 1 fully saturated rings. The molecular weight excluding hydrogens is 164 g/mol. The molecule has 0 radical (unpaired) electrons. The van der Waals surface area contributed by atoms with E-state index in [0.717, 1.165) is 26.1 Å². The molecule has 0 saturated carbocycles. The van der Waals surface area contributed by atoms with Crippen LogP contribution < -0.4 is 5.32 Å². The van der Waals surface area contributed by atoms with Gasteiger partial charge in [0.25, 0.3) is 0 Å². The van der Waals surface area contributed by atoms with Crippen LogP contribution in [0.2, 0.25) is 0 Å². The van der Waals surface area contributed by atoms with Gasteiger partial charge in [-0.1, -0.05) is 6.92 Å². The van der Waals surface area contributed by atoms with E-state index in [9.17, 15) is 5.11 Å². The molecule has 0 amide bonds. The van der Waals surface area contributed by atoms with Gasteiger partial charge in [-0.2, -0.15) is 0 Å². The number of nitrogens with zero attached hydrogens (tertiary/aromatic N) is 1. The second-order valence-electron chi connectivity index (χ2n) is 4.47. The first-order valence-electron chi connectivity index (χ1n) is 5.20. The molecule has 78 valence electrons. The fourth-order valence-electron chi connectivity index (χ4n) is 2.14. The van der Waals surface area contributed by atoms with Crippen molar-refractivity contribution in [1.82, 2.24) is 10.2 Å². The minimum atomic E-state index is 0.182. The van der Waals surface area contributed by atoms with E-state index in [0.29, 0.717) is 6.04 Å². The van der Waals surface area contributed by atoms with Gasteiger partial charge in [0, 0.05) is 24.7 Å². The molecule has 0 aromatic rings. The molecule has 1 atom stereocenters. The molecule has 13 heavy (non-hydrogen) atoms. The second-order valence-corrected chi connectivity index (χ2v) is 4.47. The Bertz CT molecular complexity index is 159. The number of rotatable bonds is 3. The zero-order valence-electron chi connectivity index (χ0n) is 9.01. The van der Waals surface area contributed by atoms with Gasteiger partial charge in [-0.05, 0) is 26.8 Å². The Kier molecular flexibility index (Phi) is 3.71. The largest absolute Gasteiger partial charge is 0.395 e. The standard InChI is InChI=1S/C10H22N2O/c1-4-5-12-9(7-13)6-11-8-10(12,2)3/h9,11,13H,4-8H2,1-3H3. The quantitative estimate of drug-likeness (QED) is 0.671. The Balaban J connectivity index is 2.65. The first-order valence-corrected chi connectivity index (χ1v) is 5.20. The van der Waals surface area contributed by atoms with Crippen molar-refractivity contribution in [2.45, 2.75) is 38.8 Å². The van der Waals surface area contributed by atoms with E-state index in [1.54, 1.807) is 0 Å². The highest BCUT2D eigenvalue weighted by Crippen LogP contribution is 2.20. The van der Waals surface area contributed by atoms with E-state index in [-0.39, 0.29) is 12.1 Å². The Morgan fingerprint density at radius 1 is 1.54 bits per heavy atom. The first-order chi connectivity index (χ1) is 6.11. The van der Waals surface area contributed by atoms with Crippen LogP contribution in [0.15, 0.2) is 0 Å². The van der Waals surface area contributed by atoms with Crippen LogP contribution in [0.5, 0.6) is 0 Å². The average Bonchev–Trinajstić information content (AvgIpc) is 2.08. The predicted octanol–water partition coefficient (Wildman–Crippen LogP) is 0.441. The van der Waals surface area contributed by atoms with Crippen molar-refractivity contribution in [2.75, 3.05) is 26.2 Å². The van der Waals surface area contributed by atoms with Crippen molar-refractivity contribution in [3.63, 3.8) is 0 Å². The van der Waals surface area contributed by atoms with Gasteiger partial charge >= 0.3 is 0 Å². The molecule has 1 unspecified atom stereocenters. The van der Waals surface area contributed by atoms with Crippen LogP contribution in [0.1, 0.15) is 27.2 Å². The minimum absolute atomic E-state index is 0.182. The third kappa shape index (κ3) is 2.42. The fraction of sp³-hybridized carbons (Fsp3) is 1.00. The zero-order chi connectivity index (χ0) is 9.90. The highest BCUT2D eigenvalue weighted by Gasteiger charge is 2.34. The number of nitrogens with one attached hydrogen (secondary N) is 1. The predicted molar refractivity (Wildman–Crippen MR) is 54.8 cm³/mol. The summed E-state index contributed by atoms with van der Waals surface area (Å²) in [6, 6.07) is 0.295. The maximum atomic E-state index is 9.24. The second kappa shape index (κ2) is 4.40. The summed E-state index contributed by atoms with van der Waals surface area (Å²) in [6.45, 7) is 9.93. The Hall–Kier alpha value is -0.120. The Labute approximate surface area is 81.1 Å². The summed E-state index contributed by atoms with van der Waals surface area (Å²) in [7, 11) is 0. The van der Waals surface area contributed by atoms with Crippen LogP contribution in [-0.2, 0) is 0 Å². The van der Waals surface area contributed by atoms with E-state index < -0.39 is 0 Å². The van der Waals surface area contributed by atoms with Gasteiger partial charge in [-0.15, -0.1) is 0 Å². The fourth-order valence-corrected chi connectivity index (χ4v) is 2.14. The molecule has 3 heteroatoms. The van der Waals surface area contributed by atoms with Crippen LogP contribution in [0.4, 0.5) is 0 Å². The van der Waals surface area contributed by atoms with Crippen molar-refractivity contribution in [1.29, 1.82) is 0 Å². The van der Waals surface area contributed by atoms with Gasteiger partial charge < -0.3 is 10.4 Å². The third-order valence-electron chi connectivity index (χ3n) is 2.83. The Morgan fingerprint density at radius 3 is 2.77 bits per heavy atom. The summed E-state index contributed by atoms with van der Waals surface area (Å²) >= 11 is 0. The van der Waals surface area contributed by atoms with Crippen LogP contribution in [0.25, 0.3) is 0 Å². The summed E-state index contributed by atoms with van der Waals surface area (Å²) in [6.07, 6.45) is 1.15. The van der Waals surface area contributed by atoms with Gasteiger partial charge in [0.05, 0.1) is 6.61 Å². The van der Waals surface area contributed by atoms with Crippen molar-refractivity contribution in [3.8, 4) is 0 Å². The molecular formula is C10H22N2O. The van der Waals surface area contributed by atoms with Crippen LogP contribution >= 0.6 is 0 Å². The lowest BCUT2D eigenvalue weighted by Crippen LogP contribution is -2.64. The number of hydrogen-bond acceptors (Lipinski definition) is 3. The number of piperazine rings is 1. The van der Waals surface area contributed by atoms with Crippen LogP contribution in [-0.4, -0.2) is 47.8 Å². The highest BCUT2D eigenvalue weighted by atomic mass is 16.3. The van der Waals surface area contributed by atoms with Crippen molar-refractivity contribution >= 4 is 0 Å². The molecule has 2 N–H and O–H groups in total. The SMILES string of the molecule is CCCN1C(CO)CNCC1(C)C. The molecule has 0 spiro atoms. The van der Waals surface area contributed by atoms with Gasteiger partial charge in [0.2, 0.25) is 0 Å². The van der Waals surface area contributed by atoms with Crippen molar-refractivity contribution in [2.24, 2.45) is 0 Å². The smallest absolute Gasteiger partial charge is 0.0599 e. The lowest BCUT2D eigenvalue weighted by molar-refractivity contribution is 0.00984. The molecule has 1 aliphatic rings. The molecule has 0 aromatic carbocycles. The summed E-state index contributed by atoms with van der Waals surface area (Å²) in [4.78, 5) is 2.42. The molecule has 0 aliphatic carbocycles. The summed E-state index contributed by atoms with van der Waals surface area (Å²) in [5, 5.41) is 12.6. The van der Waals surface area contributed by atoms with Gasteiger partial charge in [-0.3, -0.25) is 4.90 Å². The summed E-state index contributed by atoms with van der Waals surface area (Å²) < 4.78 is 0. The number of aliphatic hydroxyl groups excluding tert-OH is 1. The highest BCUT2D eigenvalue weighted by molar-refractivity contribution is 4.93. The maximum absolute atomic E-state index is 9.24. The topological polar surface area (TPSA) is 35.5 Å². The normalized spacial score (nSPS) is 29.1. The Morgan fingerprint density at radius 2 is 2.23 bits per heavy atom. The molecule has 0 bridgehead atoms. The molecule has 1 heterocycles. The molecule has 1 rings (SSSR count). The molecule has 0 aromatic heterocycles. The average molecular weight is 186 g/mol. The monoisotopic (exact) mass is 186 g/mol. The lowest BCUT2D eigenvalue weighted by atomic mass is 9.96. The van der Waals surface area contributed by atoms with Crippen LogP contribution in [0, 0.1) is 0 Å². The molecule has 3 nitrogen and oxygen atoms in total. The van der Waals surface area contributed by atoms with Gasteiger partial charge in [-0.25, -0.2) is 0 Å². The van der Waals surface area contributed by atoms with E-state index in [1.165, 1.54) is 0 Å². The number of aliphatic hydroxyl groups is 1. The van der Waals surface area contributed by atoms with Gasteiger partial charge in [0.1, 0.15) is 0 Å². The third-order valence-corrected chi connectivity index (χ3v) is 2.83. The summed E-state index contributed by atoms with van der Waals surface area (Å²) in [5.41, 5.74) is 0.182. The van der Waals surface area contributed by atoms with E-state index in [2.05, 4.69) is 31.0 Å². The molecule has 1 aliphatic heterocycles. The van der Waals surface area contributed by atoms with E-state index in [1.807, 2.05) is 0 Å². The van der Waals surface area contributed by atoms with Crippen molar-refractivity contribution in [3.05, 3.63) is 0 Å². The molecule has 1 saturated heterocycles. The minimum Gasteiger partial charge on any atom is -0.395 e. The summed E-state index contributed by atoms with van der Waals surface area (Å²) in [5.74, 6) is 0. The van der Waals surface area contributed by atoms with E-state index >= 15 is 0 Å². The zero-order valence-corrected chi connectivity index (χ0v) is 9.01. The van der Waals surface area contributed by atoms with Crippen molar-refractivity contribution < 1.29 is 5.11 Å². The number of hydrogen-bond donors (Lipinski definition) is 2.